The quantitative estimate of drug-likeness (QED) is 0.270. The topological polar surface area (TPSA) is 50.7 Å². The highest BCUT2D eigenvalue weighted by atomic mass is 35.5. The van der Waals surface area contributed by atoms with E-state index in [-0.39, 0.29) is 5.91 Å². The monoisotopic (exact) mass is 448 g/mol. The molecule has 0 aliphatic heterocycles. The van der Waals surface area contributed by atoms with Crippen molar-refractivity contribution >= 4 is 46.1 Å². The Balaban J connectivity index is 1.46. The first-order chi connectivity index (χ1) is 15.1. The lowest BCUT2D eigenvalue weighted by molar-refractivity contribution is 0.0955. The minimum Gasteiger partial charge on any atom is -0.488 e. The van der Waals surface area contributed by atoms with Crippen LogP contribution in [-0.2, 0) is 6.61 Å². The van der Waals surface area contributed by atoms with Crippen molar-refractivity contribution < 1.29 is 9.53 Å². The second kappa shape index (κ2) is 9.65. The first-order valence-corrected chi connectivity index (χ1v) is 10.3. The number of hydrogen-bond donors (Lipinski definition) is 1. The Bertz CT molecular complexity index is 1270. The largest absolute Gasteiger partial charge is 0.488 e. The van der Waals surface area contributed by atoms with Crippen LogP contribution in [0.3, 0.4) is 0 Å². The molecule has 0 aromatic heterocycles. The molecule has 0 saturated heterocycles. The number of nitrogens with one attached hydrogen (secondary N) is 1. The highest BCUT2D eigenvalue weighted by Gasteiger charge is 2.07. The summed E-state index contributed by atoms with van der Waals surface area (Å²) in [5.41, 5.74) is 4.67. The van der Waals surface area contributed by atoms with Crippen LogP contribution in [0.2, 0.25) is 10.0 Å². The molecule has 4 nitrogen and oxygen atoms in total. The first kappa shape index (κ1) is 20.9. The van der Waals surface area contributed by atoms with Crippen molar-refractivity contribution in [3.05, 3.63) is 112 Å². The van der Waals surface area contributed by atoms with E-state index < -0.39 is 0 Å². The molecule has 1 amide bonds. The number of benzene rings is 4. The average Bonchev–Trinajstić information content (AvgIpc) is 2.78. The van der Waals surface area contributed by atoms with E-state index in [0.29, 0.717) is 33.5 Å². The first-order valence-electron chi connectivity index (χ1n) is 9.57. The second-order valence-electron chi connectivity index (χ2n) is 6.86. The molecule has 4 aromatic rings. The smallest absolute Gasteiger partial charge is 0.271 e. The van der Waals surface area contributed by atoms with Crippen LogP contribution in [-0.4, -0.2) is 12.1 Å². The number of rotatable bonds is 6. The SMILES string of the molecule is O=C(N/N=C\c1cc(Cl)ccc1OCc1cccc(Cl)c1)c1ccc2ccccc2c1. The highest BCUT2D eigenvalue weighted by molar-refractivity contribution is 6.31. The fourth-order valence-electron chi connectivity index (χ4n) is 3.10. The van der Waals surface area contributed by atoms with E-state index in [2.05, 4.69) is 10.5 Å². The summed E-state index contributed by atoms with van der Waals surface area (Å²) in [7, 11) is 0. The molecule has 0 atom stereocenters. The average molecular weight is 449 g/mol. The van der Waals surface area contributed by atoms with Crippen molar-refractivity contribution in [2.75, 3.05) is 0 Å². The van der Waals surface area contributed by atoms with E-state index in [1.807, 2.05) is 60.7 Å². The number of ether oxygens (including phenoxy) is 1. The summed E-state index contributed by atoms with van der Waals surface area (Å²) in [4.78, 5) is 12.5. The van der Waals surface area contributed by atoms with Gasteiger partial charge in [0, 0.05) is 21.2 Å². The van der Waals surface area contributed by atoms with Crippen LogP contribution in [0.15, 0.2) is 90.0 Å². The van der Waals surface area contributed by atoms with E-state index >= 15 is 0 Å². The summed E-state index contributed by atoms with van der Waals surface area (Å²) in [5, 5.41) is 7.34. The van der Waals surface area contributed by atoms with Gasteiger partial charge < -0.3 is 4.74 Å². The third kappa shape index (κ3) is 5.43. The van der Waals surface area contributed by atoms with Crippen molar-refractivity contribution in [3.8, 4) is 5.75 Å². The number of hydrogen-bond acceptors (Lipinski definition) is 3. The fraction of sp³-hybridized carbons (Fsp3) is 0.0400. The van der Waals surface area contributed by atoms with E-state index in [0.717, 1.165) is 16.3 Å². The predicted molar refractivity (Wildman–Crippen MR) is 126 cm³/mol. The number of fused-ring (bicyclic) bond motifs is 1. The Morgan fingerprint density at radius 2 is 1.68 bits per heavy atom. The number of amides is 1. The molecular weight excluding hydrogens is 431 g/mol. The lowest BCUT2D eigenvalue weighted by Crippen LogP contribution is -2.17. The lowest BCUT2D eigenvalue weighted by Gasteiger charge is -2.10. The van der Waals surface area contributed by atoms with Crippen molar-refractivity contribution in [1.82, 2.24) is 5.43 Å². The molecule has 0 fully saturated rings. The molecule has 4 rings (SSSR count). The molecular formula is C25H18Cl2N2O2. The zero-order chi connectivity index (χ0) is 21.6. The molecule has 0 aliphatic carbocycles. The van der Waals surface area contributed by atoms with E-state index in [1.54, 1.807) is 24.3 Å². The standard InChI is InChI=1S/C25H18Cl2N2O2/c26-22-7-3-4-17(12-22)16-31-24-11-10-23(27)14-21(24)15-28-29-25(30)20-9-8-18-5-1-2-6-19(18)13-20/h1-15H,16H2,(H,29,30)/b28-15-. The molecule has 0 aliphatic rings. The Hall–Kier alpha value is -3.34. The van der Waals surface area contributed by atoms with Gasteiger partial charge in [-0.05, 0) is 58.8 Å². The number of carbonyl (C=O) groups excluding carboxylic acids is 1. The molecule has 31 heavy (non-hydrogen) atoms. The van der Waals surface area contributed by atoms with Crippen LogP contribution >= 0.6 is 23.2 Å². The number of hydrazone groups is 1. The zero-order valence-corrected chi connectivity index (χ0v) is 17.9. The van der Waals surface area contributed by atoms with Gasteiger partial charge in [0.2, 0.25) is 0 Å². The Labute approximate surface area is 190 Å². The number of nitrogens with zero attached hydrogens (tertiary/aromatic N) is 1. The Morgan fingerprint density at radius 1 is 0.871 bits per heavy atom. The normalized spacial score (nSPS) is 11.0. The molecule has 0 bridgehead atoms. The van der Waals surface area contributed by atoms with Gasteiger partial charge in [-0.25, -0.2) is 5.43 Å². The van der Waals surface area contributed by atoms with Gasteiger partial charge in [0.1, 0.15) is 12.4 Å². The Morgan fingerprint density at radius 3 is 2.52 bits per heavy atom. The van der Waals surface area contributed by atoms with Crippen LogP contribution < -0.4 is 10.2 Å². The minimum absolute atomic E-state index is 0.301. The van der Waals surface area contributed by atoms with Gasteiger partial charge in [0.25, 0.3) is 5.91 Å². The van der Waals surface area contributed by atoms with Crippen LogP contribution in [0.1, 0.15) is 21.5 Å². The minimum atomic E-state index is -0.301. The summed E-state index contributed by atoms with van der Waals surface area (Å²) in [6.07, 6.45) is 1.51. The molecule has 6 heteroatoms. The second-order valence-corrected chi connectivity index (χ2v) is 7.73. The van der Waals surface area contributed by atoms with Crippen molar-refractivity contribution in [1.29, 1.82) is 0 Å². The van der Waals surface area contributed by atoms with E-state index in [9.17, 15) is 4.79 Å². The van der Waals surface area contributed by atoms with E-state index in [1.165, 1.54) is 6.21 Å². The maximum absolute atomic E-state index is 12.5. The van der Waals surface area contributed by atoms with Gasteiger partial charge in [-0.15, -0.1) is 0 Å². The fourth-order valence-corrected chi connectivity index (χ4v) is 3.49. The van der Waals surface area contributed by atoms with Crippen molar-refractivity contribution in [2.45, 2.75) is 6.61 Å². The summed E-state index contributed by atoms with van der Waals surface area (Å²) < 4.78 is 5.90. The van der Waals surface area contributed by atoms with Gasteiger partial charge in [-0.3, -0.25) is 4.79 Å². The molecule has 0 radical (unpaired) electrons. The molecule has 4 aromatic carbocycles. The van der Waals surface area contributed by atoms with Crippen molar-refractivity contribution in [3.63, 3.8) is 0 Å². The van der Waals surface area contributed by atoms with Gasteiger partial charge in [0.05, 0.1) is 6.21 Å². The summed E-state index contributed by atoms with van der Waals surface area (Å²) >= 11 is 12.2. The maximum atomic E-state index is 12.5. The third-order valence-corrected chi connectivity index (χ3v) is 5.11. The molecule has 0 saturated carbocycles. The van der Waals surface area contributed by atoms with Crippen LogP contribution in [0.5, 0.6) is 5.75 Å². The van der Waals surface area contributed by atoms with Gasteiger partial charge in [-0.2, -0.15) is 5.10 Å². The van der Waals surface area contributed by atoms with Crippen LogP contribution in [0.4, 0.5) is 0 Å². The third-order valence-electron chi connectivity index (χ3n) is 4.64. The molecule has 0 unspecified atom stereocenters. The van der Waals surface area contributed by atoms with Crippen LogP contribution in [0.25, 0.3) is 10.8 Å². The molecule has 0 spiro atoms. The van der Waals surface area contributed by atoms with Gasteiger partial charge in [-0.1, -0.05) is 65.7 Å². The lowest BCUT2D eigenvalue weighted by atomic mass is 10.1. The predicted octanol–water partition coefficient (Wildman–Crippen LogP) is 6.49. The summed E-state index contributed by atoms with van der Waals surface area (Å²) in [6, 6.07) is 26.0. The number of carbonyl (C=O) groups is 1. The van der Waals surface area contributed by atoms with Crippen LogP contribution in [0, 0.1) is 0 Å². The Kier molecular flexibility index (Phi) is 6.51. The molecule has 154 valence electrons. The summed E-state index contributed by atoms with van der Waals surface area (Å²) in [6.45, 7) is 0.340. The highest BCUT2D eigenvalue weighted by Crippen LogP contribution is 2.23. The summed E-state index contributed by atoms with van der Waals surface area (Å²) in [5.74, 6) is 0.290. The number of halogens is 2. The van der Waals surface area contributed by atoms with E-state index in [4.69, 9.17) is 27.9 Å². The van der Waals surface area contributed by atoms with Gasteiger partial charge in [0.15, 0.2) is 0 Å². The van der Waals surface area contributed by atoms with Gasteiger partial charge >= 0.3 is 0 Å². The molecule has 0 heterocycles. The molecule has 1 N–H and O–H groups in total. The maximum Gasteiger partial charge on any atom is 0.271 e. The zero-order valence-electron chi connectivity index (χ0n) is 16.4. The van der Waals surface area contributed by atoms with Crippen molar-refractivity contribution in [2.24, 2.45) is 5.10 Å².